The van der Waals surface area contributed by atoms with E-state index >= 15 is 0 Å². The second-order valence-electron chi connectivity index (χ2n) is 6.49. The van der Waals surface area contributed by atoms with Gasteiger partial charge in [-0.15, -0.1) is 5.10 Å². The zero-order valence-electron chi connectivity index (χ0n) is 16.7. The van der Waals surface area contributed by atoms with E-state index in [9.17, 15) is 19.7 Å². The van der Waals surface area contributed by atoms with Gasteiger partial charge >= 0.3 is 5.97 Å². The van der Waals surface area contributed by atoms with E-state index in [-0.39, 0.29) is 41.8 Å². The molecule has 0 unspecified atom stereocenters. The number of nitrogens with one attached hydrogen (secondary N) is 1. The third-order valence-corrected chi connectivity index (χ3v) is 4.25. The van der Waals surface area contributed by atoms with E-state index in [2.05, 4.69) is 31.0 Å². The summed E-state index contributed by atoms with van der Waals surface area (Å²) in [5, 5.41) is 27.6. The van der Waals surface area contributed by atoms with Gasteiger partial charge in [-0.25, -0.2) is 9.48 Å². The summed E-state index contributed by atoms with van der Waals surface area (Å²) in [5.74, 6) is -0.946. The number of nitro groups is 1. The molecule has 1 amide bonds. The van der Waals surface area contributed by atoms with Crippen LogP contribution in [0.4, 0.5) is 11.4 Å². The smallest absolute Gasteiger partial charge is 0.340 e. The largest absolute Gasteiger partial charge is 0.452 e. The van der Waals surface area contributed by atoms with Crippen LogP contribution in [0.3, 0.4) is 0 Å². The summed E-state index contributed by atoms with van der Waals surface area (Å²) in [6.07, 6.45) is 1.29. The number of carbonyl (C=O) groups excluding carboxylic acids is 2. The van der Waals surface area contributed by atoms with Gasteiger partial charge in [-0.05, 0) is 34.7 Å². The maximum Gasteiger partial charge on any atom is 0.340 e. The lowest BCUT2D eigenvalue weighted by atomic mass is 10.2. The minimum absolute atomic E-state index is 0.0249. The van der Waals surface area contributed by atoms with Crippen molar-refractivity contribution in [3.8, 4) is 11.4 Å². The molecule has 0 saturated carbocycles. The maximum absolute atomic E-state index is 12.6. The Labute approximate surface area is 184 Å². The molecule has 0 aliphatic carbocycles. The van der Waals surface area contributed by atoms with Crippen molar-refractivity contribution in [3.05, 3.63) is 76.4 Å². The molecule has 0 bridgehead atoms. The lowest BCUT2D eigenvalue weighted by molar-refractivity contribution is -0.384. The molecule has 14 nitrogen and oxygen atoms in total. The normalized spacial score (nSPS) is 10.5. The standard InChI is InChI=1S/C19H14N8O6/c28-16(9-26-11-20-24-25-26)21-15-4-2-1-3-14(15)19(29)32-10-17-22-18(23-33-17)12-5-7-13(8-6-12)27(30)31/h1-8,11H,9-10H2,(H,21,28). The van der Waals surface area contributed by atoms with Crippen LogP contribution < -0.4 is 5.32 Å². The first-order chi connectivity index (χ1) is 16.0. The molecule has 0 atom stereocenters. The Morgan fingerprint density at radius 1 is 1.15 bits per heavy atom. The number of aromatic nitrogens is 6. The summed E-state index contributed by atoms with van der Waals surface area (Å²) in [7, 11) is 0. The van der Waals surface area contributed by atoms with E-state index < -0.39 is 16.8 Å². The summed E-state index contributed by atoms with van der Waals surface area (Å²) in [6, 6.07) is 11.9. The average Bonchev–Trinajstić information content (AvgIpc) is 3.50. The van der Waals surface area contributed by atoms with Gasteiger partial charge in [0.25, 0.3) is 11.6 Å². The van der Waals surface area contributed by atoms with Crippen LogP contribution in [0.15, 0.2) is 59.4 Å². The summed E-state index contributed by atoms with van der Waals surface area (Å²) in [5.41, 5.74) is 0.799. The Balaban J connectivity index is 1.38. The monoisotopic (exact) mass is 450 g/mol. The Morgan fingerprint density at radius 3 is 2.67 bits per heavy atom. The van der Waals surface area contributed by atoms with Crippen LogP contribution in [0.1, 0.15) is 16.2 Å². The number of amides is 1. The van der Waals surface area contributed by atoms with Crippen molar-refractivity contribution in [1.82, 2.24) is 30.3 Å². The van der Waals surface area contributed by atoms with E-state index in [0.717, 1.165) is 0 Å². The molecule has 1 N–H and O–H groups in total. The zero-order chi connectivity index (χ0) is 23.2. The van der Waals surface area contributed by atoms with Crippen molar-refractivity contribution in [2.75, 3.05) is 5.32 Å². The number of para-hydroxylation sites is 1. The Kier molecular flexibility index (Phi) is 6.06. The van der Waals surface area contributed by atoms with Crippen molar-refractivity contribution in [2.45, 2.75) is 13.2 Å². The van der Waals surface area contributed by atoms with Gasteiger partial charge in [-0.1, -0.05) is 17.3 Å². The van der Waals surface area contributed by atoms with Gasteiger partial charge in [0.2, 0.25) is 11.7 Å². The van der Waals surface area contributed by atoms with Crippen LogP contribution >= 0.6 is 0 Å². The first-order valence-electron chi connectivity index (χ1n) is 9.34. The van der Waals surface area contributed by atoms with Crippen LogP contribution in [0.2, 0.25) is 0 Å². The highest BCUT2D eigenvalue weighted by Gasteiger charge is 2.17. The Morgan fingerprint density at radius 2 is 1.94 bits per heavy atom. The Hall–Kier alpha value is -5.01. The number of esters is 1. The molecular weight excluding hydrogens is 436 g/mol. The minimum atomic E-state index is -0.719. The predicted molar refractivity (Wildman–Crippen MR) is 108 cm³/mol. The molecule has 33 heavy (non-hydrogen) atoms. The van der Waals surface area contributed by atoms with Gasteiger partial charge in [0.15, 0.2) is 6.61 Å². The van der Waals surface area contributed by atoms with Gasteiger partial charge in [0.05, 0.1) is 16.2 Å². The predicted octanol–water partition coefficient (Wildman–Crippen LogP) is 1.63. The van der Waals surface area contributed by atoms with Gasteiger partial charge in [0, 0.05) is 17.7 Å². The van der Waals surface area contributed by atoms with Crippen molar-refractivity contribution >= 4 is 23.3 Å². The van der Waals surface area contributed by atoms with Gasteiger partial charge in [0.1, 0.15) is 12.9 Å². The summed E-state index contributed by atoms with van der Waals surface area (Å²) in [6.45, 7) is -0.449. The lowest BCUT2D eigenvalue weighted by Gasteiger charge is -2.10. The summed E-state index contributed by atoms with van der Waals surface area (Å²) in [4.78, 5) is 39.1. The lowest BCUT2D eigenvalue weighted by Crippen LogP contribution is -2.21. The number of non-ortho nitro benzene ring substituents is 1. The fourth-order valence-corrected chi connectivity index (χ4v) is 2.73. The highest BCUT2D eigenvalue weighted by Crippen LogP contribution is 2.21. The molecule has 166 valence electrons. The first-order valence-corrected chi connectivity index (χ1v) is 9.34. The molecular formula is C19H14N8O6. The first kappa shape index (κ1) is 21.2. The average molecular weight is 450 g/mol. The number of nitro benzene ring substituents is 1. The molecule has 0 saturated heterocycles. The highest BCUT2D eigenvalue weighted by molar-refractivity contribution is 6.01. The van der Waals surface area contributed by atoms with Crippen molar-refractivity contribution in [2.24, 2.45) is 0 Å². The third kappa shape index (κ3) is 5.19. The van der Waals surface area contributed by atoms with Crippen molar-refractivity contribution in [3.63, 3.8) is 0 Å². The second kappa shape index (κ2) is 9.42. The van der Waals surface area contributed by atoms with E-state index in [0.29, 0.717) is 5.56 Å². The fraction of sp³-hybridized carbons (Fsp3) is 0.105. The number of hydrogen-bond donors (Lipinski definition) is 1. The number of rotatable bonds is 8. The van der Waals surface area contributed by atoms with Crippen LogP contribution in [-0.4, -0.2) is 47.1 Å². The molecule has 0 aliphatic rings. The zero-order valence-corrected chi connectivity index (χ0v) is 16.7. The van der Waals surface area contributed by atoms with E-state index in [1.807, 2.05) is 0 Å². The molecule has 2 aromatic heterocycles. The number of tetrazole rings is 1. The molecule has 0 radical (unpaired) electrons. The quantitative estimate of drug-likeness (QED) is 0.234. The van der Waals surface area contributed by atoms with Crippen LogP contribution in [-0.2, 0) is 22.7 Å². The molecule has 0 aliphatic heterocycles. The molecule has 4 rings (SSSR count). The SMILES string of the molecule is O=C(Cn1cnnn1)Nc1ccccc1C(=O)OCc1nc(-c2ccc([N+](=O)[O-])cc2)no1. The number of benzene rings is 2. The second-order valence-corrected chi connectivity index (χ2v) is 6.49. The molecule has 0 fully saturated rings. The number of ether oxygens (including phenoxy) is 1. The number of carbonyl (C=O) groups is 2. The topological polar surface area (TPSA) is 181 Å². The summed E-state index contributed by atoms with van der Waals surface area (Å²) >= 11 is 0. The molecule has 0 spiro atoms. The number of anilines is 1. The van der Waals surface area contributed by atoms with Crippen LogP contribution in [0.5, 0.6) is 0 Å². The van der Waals surface area contributed by atoms with E-state index in [4.69, 9.17) is 9.26 Å². The Bertz CT molecular complexity index is 1290. The minimum Gasteiger partial charge on any atom is -0.452 e. The van der Waals surface area contributed by atoms with E-state index in [1.54, 1.807) is 18.2 Å². The van der Waals surface area contributed by atoms with Gasteiger partial charge in [-0.2, -0.15) is 4.98 Å². The van der Waals surface area contributed by atoms with Crippen molar-refractivity contribution in [1.29, 1.82) is 0 Å². The molecule has 4 aromatic rings. The van der Waals surface area contributed by atoms with Crippen molar-refractivity contribution < 1.29 is 23.8 Å². The maximum atomic E-state index is 12.6. The molecule has 2 aromatic carbocycles. The fourth-order valence-electron chi connectivity index (χ4n) is 2.73. The third-order valence-electron chi connectivity index (χ3n) is 4.25. The highest BCUT2D eigenvalue weighted by atomic mass is 16.6. The van der Waals surface area contributed by atoms with Gasteiger partial charge < -0.3 is 14.6 Å². The number of hydrogen-bond acceptors (Lipinski definition) is 11. The molecule has 2 heterocycles. The van der Waals surface area contributed by atoms with Crippen LogP contribution in [0, 0.1) is 10.1 Å². The summed E-state index contributed by atoms with van der Waals surface area (Å²) < 4.78 is 11.5. The molecule has 14 heteroatoms. The van der Waals surface area contributed by atoms with Crippen LogP contribution in [0.25, 0.3) is 11.4 Å². The van der Waals surface area contributed by atoms with Gasteiger partial charge in [-0.3, -0.25) is 14.9 Å². The number of nitrogens with zero attached hydrogens (tertiary/aromatic N) is 7. The van der Waals surface area contributed by atoms with E-state index in [1.165, 1.54) is 41.3 Å².